The third-order valence-electron chi connectivity index (χ3n) is 12.6. The molecular formula is C40H53ClFN5O7S. The Morgan fingerprint density at radius 3 is 2.65 bits per heavy atom. The molecule has 2 saturated heterocycles. The van der Waals surface area contributed by atoms with Crippen molar-refractivity contribution in [2.24, 2.45) is 5.92 Å². The Labute approximate surface area is 328 Å². The lowest BCUT2D eigenvalue weighted by atomic mass is 9.77. The molecule has 0 aliphatic carbocycles. The van der Waals surface area contributed by atoms with Crippen LogP contribution in [0.3, 0.4) is 0 Å². The van der Waals surface area contributed by atoms with Gasteiger partial charge in [0.2, 0.25) is 10.0 Å². The number of hydrogen-bond donors (Lipinski definition) is 2. The first-order valence-corrected chi connectivity index (χ1v) is 21.4. The number of allylic oxidation sites excluding steroid dienone is 1. The van der Waals surface area contributed by atoms with Crippen LogP contribution in [0.5, 0.6) is 5.75 Å². The highest BCUT2D eigenvalue weighted by atomic mass is 35.5. The zero-order valence-electron chi connectivity index (χ0n) is 32.0. The quantitative estimate of drug-likeness (QED) is 0.453. The number of nitrogens with one attached hydrogen (secondary N) is 1. The molecule has 300 valence electrons. The predicted molar refractivity (Wildman–Crippen MR) is 209 cm³/mol. The number of aliphatic hydroxyl groups is 1. The van der Waals surface area contributed by atoms with Crippen molar-refractivity contribution in [3.05, 3.63) is 69.5 Å². The van der Waals surface area contributed by atoms with E-state index in [0.717, 1.165) is 49.0 Å². The van der Waals surface area contributed by atoms with Crippen LogP contribution in [0.25, 0.3) is 0 Å². The first-order chi connectivity index (χ1) is 26.3. The number of ether oxygens (including phenoxy) is 2. The second-order valence-corrected chi connectivity index (χ2v) is 18.3. The van der Waals surface area contributed by atoms with E-state index in [9.17, 15) is 18.3 Å². The second-order valence-electron chi connectivity index (χ2n) is 15.9. The number of hydrogen-bond acceptors (Lipinski definition) is 10. The number of fused-ring (bicyclic) bond motifs is 1. The molecule has 15 heteroatoms. The van der Waals surface area contributed by atoms with Crippen molar-refractivity contribution in [1.82, 2.24) is 19.4 Å². The molecule has 2 aromatic carbocycles. The molecule has 0 saturated carbocycles. The van der Waals surface area contributed by atoms with E-state index in [4.69, 9.17) is 21.1 Å². The Kier molecular flexibility index (Phi) is 11.6. The van der Waals surface area contributed by atoms with Gasteiger partial charge in [0.05, 0.1) is 36.3 Å². The molecule has 7 rings (SSSR count). The summed E-state index contributed by atoms with van der Waals surface area (Å²) in [7, 11) is -2.56. The summed E-state index contributed by atoms with van der Waals surface area (Å²) >= 11 is 6.95. The summed E-state index contributed by atoms with van der Waals surface area (Å²) < 4.78 is 59.3. The Hall–Kier alpha value is -3.27. The van der Waals surface area contributed by atoms with Crippen LogP contribution in [-0.4, -0.2) is 124 Å². The van der Waals surface area contributed by atoms with Crippen molar-refractivity contribution in [1.29, 1.82) is 0 Å². The smallest absolute Gasteiger partial charge is 0.264 e. The molecular weight excluding hydrogens is 749 g/mol. The summed E-state index contributed by atoms with van der Waals surface area (Å²) in [5.74, 6) is -2.34. The van der Waals surface area contributed by atoms with Gasteiger partial charge in [0, 0.05) is 63.4 Å². The van der Waals surface area contributed by atoms with Crippen LogP contribution < -0.4 is 14.4 Å². The second kappa shape index (κ2) is 15.9. The number of likely N-dealkylation sites (N-methyl/N-ethyl adjacent to an activating group) is 1. The van der Waals surface area contributed by atoms with Crippen LogP contribution >= 0.6 is 11.6 Å². The number of aryl methyl sites for hydroxylation is 1. The number of rotatable bonds is 5. The van der Waals surface area contributed by atoms with Crippen molar-refractivity contribution < 1.29 is 37.0 Å². The number of amides is 2. The minimum Gasteiger partial charge on any atom is -0.487 e. The lowest BCUT2D eigenvalue weighted by Crippen LogP contribution is -2.68. The van der Waals surface area contributed by atoms with Gasteiger partial charge in [-0.25, -0.2) is 17.5 Å². The number of carbonyl (C=O) groups is 2. The maximum atomic E-state index is 17.8. The monoisotopic (exact) mass is 801 g/mol. The molecule has 5 heterocycles. The van der Waals surface area contributed by atoms with E-state index in [1.807, 2.05) is 17.0 Å². The number of halogens is 2. The zero-order chi connectivity index (χ0) is 39.1. The van der Waals surface area contributed by atoms with Gasteiger partial charge >= 0.3 is 0 Å². The van der Waals surface area contributed by atoms with Crippen LogP contribution in [0.2, 0.25) is 5.02 Å². The largest absolute Gasteiger partial charge is 0.487 e. The van der Waals surface area contributed by atoms with E-state index < -0.39 is 56.5 Å². The average molecular weight is 802 g/mol. The van der Waals surface area contributed by atoms with Crippen LogP contribution in [0.15, 0.2) is 42.2 Å². The molecule has 0 radical (unpaired) electrons. The number of aliphatic hydroxyl groups excluding tert-OH is 1. The van der Waals surface area contributed by atoms with Gasteiger partial charge in [-0.05, 0) is 104 Å². The first kappa shape index (κ1) is 39.9. The molecule has 1 spiro atoms. The van der Waals surface area contributed by atoms with E-state index in [0.29, 0.717) is 62.1 Å². The van der Waals surface area contributed by atoms with Gasteiger partial charge in [-0.2, -0.15) is 0 Å². The number of carbonyl (C=O) groups excluding carboxylic acids is 2. The van der Waals surface area contributed by atoms with Gasteiger partial charge < -0.3 is 24.4 Å². The summed E-state index contributed by atoms with van der Waals surface area (Å²) in [5, 5.41) is 11.1. The van der Waals surface area contributed by atoms with Gasteiger partial charge in [-0.3, -0.25) is 19.4 Å². The molecule has 2 amide bonds. The third kappa shape index (κ3) is 7.38. The van der Waals surface area contributed by atoms with E-state index in [-0.39, 0.29) is 31.7 Å². The molecule has 5 aliphatic heterocycles. The third-order valence-corrected chi connectivity index (χ3v) is 14.8. The molecule has 1 unspecified atom stereocenters. The number of benzene rings is 2. The van der Waals surface area contributed by atoms with E-state index in [1.54, 1.807) is 32.2 Å². The summed E-state index contributed by atoms with van der Waals surface area (Å²) in [5.41, 5.74) is 0.287. The number of anilines is 1. The Morgan fingerprint density at radius 2 is 1.89 bits per heavy atom. The Bertz CT molecular complexity index is 1940. The highest BCUT2D eigenvalue weighted by Gasteiger charge is 2.60. The van der Waals surface area contributed by atoms with Crippen molar-refractivity contribution in [2.45, 2.75) is 75.3 Å². The Morgan fingerprint density at radius 1 is 1.11 bits per heavy atom. The van der Waals surface area contributed by atoms with Crippen LogP contribution in [0.1, 0.15) is 73.0 Å². The van der Waals surface area contributed by atoms with E-state index in [1.165, 1.54) is 17.9 Å². The first-order valence-electron chi connectivity index (χ1n) is 19.5. The highest BCUT2D eigenvalue weighted by Crippen LogP contribution is 2.51. The maximum Gasteiger partial charge on any atom is 0.264 e. The fourth-order valence-corrected chi connectivity index (χ4v) is 10.7. The number of sulfonamides is 1. The van der Waals surface area contributed by atoms with Gasteiger partial charge in [0.25, 0.3) is 11.8 Å². The summed E-state index contributed by atoms with van der Waals surface area (Å²) in [6, 6.07) is 8.81. The van der Waals surface area contributed by atoms with Crippen molar-refractivity contribution in [2.75, 3.05) is 77.6 Å². The highest BCUT2D eigenvalue weighted by molar-refractivity contribution is 7.90. The SMILES string of the molecule is C[C@@H]1[C@@H](C)C/C=C(\F)C(CO)(C(=O)N(C)CCN2CCOCC2)N2CCC[C@@]23CN2CCCCc4cc(Cl)cc3c4COc3ccc(cc32)C(=O)NS1(=O)=O. The lowest BCUT2D eigenvalue weighted by molar-refractivity contribution is -0.149. The summed E-state index contributed by atoms with van der Waals surface area (Å²) in [4.78, 5) is 36.6. The normalized spacial score (nSPS) is 29.7. The standard InChI is InChI=1S/C40H53ClFN5O7S/c1-27-8-11-36(42)40(26-48,38(50)44(3)15-16-45-17-19-53-20-18-45)47-14-6-12-39(47)25-46-13-5-4-7-29-21-31(41)23-33(39)32(29)24-54-35-10-9-30(22-34(35)46)37(49)43-55(51,52)28(27)2/h9-11,21-23,27-28,48H,4-8,12-20,24-26H2,1-3H3,(H,43,49)/b36-11-/t27-,28+,39-,40?/m0/s1. The maximum absolute atomic E-state index is 17.8. The van der Waals surface area contributed by atoms with Gasteiger partial charge in [0.1, 0.15) is 18.2 Å². The van der Waals surface area contributed by atoms with Crippen molar-refractivity contribution in [3.8, 4) is 5.75 Å². The zero-order valence-corrected chi connectivity index (χ0v) is 33.6. The fourth-order valence-electron chi connectivity index (χ4n) is 9.21. The van der Waals surface area contributed by atoms with Gasteiger partial charge in [-0.15, -0.1) is 0 Å². The molecule has 12 nitrogen and oxygen atoms in total. The van der Waals surface area contributed by atoms with Crippen LogP contribution in [0, 0.1) is 5.92 Å². The van der Waals surface area contributed by atoms with Crippen LogP contribution in [0.4, 0.5) is 10.1 Å². The molecule has 5 aliphatic rings. The fraction of sp³-hybridized carbons (Fsp3) is 0.600. The van der Waals surface area contributed by atoms with Crippen molar-refractivity contribution >= 4 is 39.1 Å². The molecule has 7 bridgehead atoms. The number of nitrogens with zero attached hydrogens (tertiary/aromatic N) is 4. The number of morpholine rings is 1. The molecule has 2 N–H and O–H groups in total. The predicted octanol–water partition coefficient (Wildman–Crippen LogP) is 4.23. The lowest BCUT2D eigenvalue weighted by Gasteiger charge is -2.52. The summed E-state index contributed by atoms with van der Waals surface area (Å²) in [6.07, 6.45) is 4.64. The van der Waals surface area contributed by atoms with Gasteiger partial charge in [-0.1, -0.05) is 18.5 Å². The minimum absolute atomic E-state index is 0.0686. The summed E-state index contributed by atoms with van der Waals surface area (Å²) in [6.45, 7) is 6.99. The van der Waals surface area contributed by atoms with Gasteiger partial charge in [0.15, 0.2) is 5.54 Å². The van der Waals surface area contributed by atoms with E-state index >= 15 is 9.18 Å². The minimum atomic E-state index is -4.21. The molecule has 4 atom stereocenters. The molecule has 2 fully saturated rings. The topological polar surface area (TPSA) is 132 Å². The average Bonchev–Trinajstić information content (AvgIpc) is 3.61. The van der Waals surface area contributed by atoms with Crippen molar-refractivity contribution in [3.63, 3.8) is 0 Å². The van der Waals surface area contributed by atoms with Crippen LogP contribution in [-0.2, 0) is 38.1 Å². The van der Waals surface area contributed by atoms with E-state index in [2.05, 4.69) is 14.5 Å². The molecule has 0 aromatic heterocycles. The Balaban J connectivity index is 1.47. The molecule has 55 heavy (non-hydrogen) atoms. The molecule has 2 aromatic rings.